The lowest BCUT2D eigenvalue weighted by atomic mass is 10.3. The minimum atomic E-state index is -2.85. The van der Waals surface area contributed by atoms with Gasteiger partial charge in [0.2, 0.25) is 0 Å². The van der Waals surface area contributed by atoms with Crippen molar-refractivity contribution in [3.63, 3.8) is 0 Å². The first-order valence-electron chi connectivity index (χ1n) is 3.76. The third-order valence-electron chi connectivity index (χ3n) is 2.02. The van der Waals surface area contributed by atoms with E-state index in [9.17, 15) is 8.42 Å². The summed E-state index contributed by atoms with van der Waals surface area (Å²) < 4.78 is 23.2. The Morgan fingerprint density at radius 1 is 1.62 bits per heavy atom. The molecule has 1 aliphatic heterocycles. The summed E-state index contributed by atoms with van der Waals surface area (Å²) in [6.07, 6.45) is 1.50. The number of hydrogen-bond donors (Lipinski definition) is 0. The second-order valence-corrected chi connectivity index (χ2v) is 5.16. The summed E-state index contributed by atoms with van der Waals surface area (Å²) in [5, 5.41) is 12.5. The summed E-state index contributed by atoms with van der Waals surface area (Å²) in [4.78, 5) is 0. The van der Waals surface area contributed by atoms with Crippen LogP contribution in [0.5, 0.6) is 0 Å². The average molecular weight is 197 g/mol. The molecule has 5 nitrogen and oxygen atoms in total. The van der Waals surface area contributed by atoms with E-state index in [4.69, 9.17) is 5.26 Å². The molecule has 0 spiro atoms. The van der Waals surface area contributed by atoms with Crippen molar-refractivity contribution in [2.24, 2.45) is 0 Å². The molecule has 0 amide bonds. The monoisotopic (exact) mass is 197 g/mol. The molecule has 1 aliphatic rings. The van der Waals surface area contributed by atoms with Gasteiger partial charge in [-0.3, -0.25) is 0 Å². The fourth-order valence-electron chi connectivity index (χ4n) is 1.37. The van der Waals surface area contributed by atoms with Gasteiger partial charge in [0.25, 0.3) is 0 Å². The van der Waals surface area contributed by atoms with Crippen LogP contribution in [0.25, 0.3) is 0 Å². The van der Waals surface area contributed by atoms with Crippen molar-refractivity contribution in [1.29, 1.82) is 5.26 Å². The topological polar surface area (TPSA) is 75.8 Å². The smallest absolute Gasteiger partial charge is 0.154 e. The predicted molar refractivity (Wildman–Crippen MR) is 44.6 cm³/mol. The molecule has 0 aliphatic carbocycles. The summed E-state index contributed by atoms with van der Waals surface area (Å²) in [7, 11) is -2.85. The lowest BCUT2D eigenvalue weighted by molar-refractivity contribution is 0.470. The highest BCUT2D eigenvalue weighted by atomic mass is 32.2. The number of hydrogen-bond acceptors (Lipinski definition) is 4. The molecule has 0 N–H and O–H groups in total. The molecule has 2 heterocycles. The molecule has 1 fully saturated rings. The second kappa shape index (κ2) is 2.57. The van der Waals surface area contributed by atoms with Crippen molar-refractivity contribution >= 4 is 9.84 Å². The zero-order valence-electron chi connectivity index (χ0n) is 6.71. The van der Waals surface area contributed by atoms with Gasteiger partial charge in [0.15, 0.2) is 9.84 Å². The molecular weight excluding hydrogens is 190 g/mol. The third kappa shape index (κ3) is 1.31. The molecule has 0 saturated carbocycles. The first kappa shape index (κ1) is 8.26. The van der Waals surface area contributed by atoms with Crippen LogP contribution < -0.4 is 0 Å². The molecule has 68 valence electrons. The van der Waals surface area contributed by atoms with Crippen LogP contribution in [0.3, 0.4) is 0 Å². The van der Waals surface area contributed by atoms with E-state index in [1.165, 1.54) is 10.9 Å². The number of rotatable bonds is 1. The predicted octanol–water partition coefficient (Wildman–Crippen LogP) is -0.276. The van der Waals surface area contributed by atoms with Gasteiger partial charge in [-0.25, -0.2) is 13.1 Å². The van der Waals surface area contributed by atoms with Crippen molar-refractivity contribution < 1.29 is 8.42 Å². The van der Waals surface area contributed by atoms with Crippen LogP contribution in [0.1, 0.15) is 11.7 Å². The fourth-order valence-corrected chi connectivity index (χ4v) is 2.73. The molecule has 0 aromatic carbocycles. The average Bonchev–Trinajstić information content (AvgIpc) is 2.46. The number of sulfone groups is 1. The molecule has 1 saturated heterocycles. The lowest BCUT2D eigenvalue weighted by Crippen LogP contribution is -2.39. The standard InChI is InChI=1S/C7H7N3O2S/c8-3-6-1-2-9-10(6)7-4-13(11,12)5-7/h1-2,7H,4-5H2. The molecule has 0 radical (unpaired) electrons. The van der Waals surface area contributed by atoms with Crippen LogP contribution in [0, 0.1) is 11.3 Å². The fraction of sp³-hybridized carbons (Fsp3) is 0.429. The van der Waals surface area contributed by atoms with Crippen molar-refractivity contribution in [2.75, 3.05) is 11.5 Å². The highest BCUT2D eigenvalue weighted by Crippen LogP contribution is 2.23. The van der Waals surface area contributed by atoms with Crippen LogP contribution in [-0.2, 0) is 9.84 Å². The molecule has 6 heteroatoms. The Morgan fingerprint density at radius 2 is 2.31 bits per heavy atom. The van der Waals surface area contributed by atoms with Gasteiger partial charge in [-0.1, -0.05) is 0 Å². The van der Waals surface area contributed by atoms with Gasteiger partial charge in [0.05, 0.1) is 23.7 Å². The molecule has 0 bridgehead atoms. The Bertz CT molecular complexity index is 456. The van der Waals surface area contributed by atoms with Gasteiger partial charge in [-0.15, -0.1) is 0 Å². The van der Waals surface area contributed by atoms with E-state index in [1.807, 2.05) is 6.07 Å². The molecule has 0 atom stereocenters. The Hall–Kier alpha value is -1.35. The molecule has 13 heavy (non-hydrogen) atoms. The third-order valence-corrected chi connectivity index (χ3v) is 3.81. The minimum absolute atomic E-state index is 0.101. The number of aromatic nitrogens is 2. The molecule has 1 aromatic heterocycles. The highest BCUT2D eigenvalue weighted by Gasteiger charge is 2.36. The minimum Gasteiger partial charge on any atom is -0.250 e. The summed E-state index contributed by atoms with van der Waals surface area (Å²) in [6.45, 7) is 0. The van der Waals surface area contributed by atoms with Gasteiger partial charge in [0, 0.05) is 0 Å². The SMILES string of the molecule is N#Cc1ccnn1C1CS(=O)(=O)C1. The Kier molecular flexibility index (Phi) is 1.63. The summed E-state index contributed by atoms with van der Waals surface area (Å²) in [5.41, 5.74) is 0.417. The van der Waals surface area contributed by atoms with Crippen LogP contribution in [-0.4, -0.2) is 29.7 Å². The van der Waals surface area contributed by atoms with E-state index in [0.29, 0.717) is 5.69 Å². The molecule has 2 rings (SSSR count). The Labute approximate surface area is 75.5 Å². The van der Waals surface area contributed by atoms with Gasteiger partial charge in [-0.2, -0.15) is 10.4 Å². The molecular formula is C7H7N3O2S. The largest absolute Gasteiger partial charge is 0.250 e. The second-order valence-electron chi connectivity index (χ2n) is 3.00. The Morgan fingerprint density at radius 3 is 2.85 bits per heavy atom. The molecule has 0 unspecified atom stereocenters. The van der Waals surface area contributed by atoms with E-state index in [-0.39, 0.29) is 17.5 Å². The van der Waals surface area contributed by atoms with E-state index >= 15 is 0 Å². The van der Waals surface area contributed by atoms with E-state index in [2.05, 4.69) is 5.10 Å². The number of nitrogens with zero attached hydrogens (tertiary/aromatic N) is 3. The number of nitriles is 1. The van der Waals surface area contributed by atoms with Crippen molar-refractivity contribution in [2.45, 2.75) is 6.04 Å². The quantitative estimate of drug-likeness (QED) is 0.620. The van der Waals surface area contributed by atoms with E-state index in [0.717, 1.165) is 0 Å². The zero-order valence-corrected chi connectivity index (χ0v) is 7.53. The summed E-state index contributed by atoms with van der Waals surface area (Å²) >= 11 is 0. The van der Waals surface area contributed by atoms with Crippen molar-refractivity contribution in [1.82, 2.24) is 9.78 Å². The van der Waals surface area contributed by atoms with Crippen LogP contribution in [0.4, 0.5) is 0 Å². The molecule has 1 aromatic rings. The van der Waals surface area contributed by atoms with Crippen LogP contribution in [0.2, 0.25) is 0 Å². The highest BCUT2D eigenvalue weighted by molar-refractivity contribution is 7.92. The van der Waals surface area contributed by atoms with Gasteiger partial charge < -0.3 is 0 Å². The first-order valence-corrected chi connectivity index (χ1v) is 5.58. The first-order chi connectivity index (χ1) is 6.12. The Balaban J connectivity index is 2.26. The van der Waals surface area contributed by atoms with Gasteiger partial charge in [-0.05, 0) is 6.07 Å². The zero-order chi connectivity index (χ0) is 9.47. The maximum Gasteiger partial charge on any atom is 0.154 e. The van der Waals surface area contributed by atoms with Gasteiger partial charge in [0.1, 0.15) is 11.8 Å². The maximum atomic E-state index is 10.9. The van der Waals surface area contributed by atoms with E-state index < -0.39 is 9.84 Å². The normalized spacial score (nSPS) is 20.5. The lowest BCUT2D eigenvalue weighted by Gasteiger charge is -2.26. The maximum absolute atomic E-state index is 10.9. The van der Waals surface area contributed by atoms with Crippen molar-refractivity contribution in [3.05, 3.63) is 18.0 Å². The van der Waals surface area contributed by atoms with Crippen molar-refractivity contribution in [3.8, 4) is 6.07 Å². The van der Waals surface area contributed by atoms with Crippen LogP contribution >= 0.6 is 0 Å². The summed E-state index contributed by atoms with van der Waals surface area (Å²) in [6, 6.07) is 3.39. The van der Waals surface area contributed by atoms with Crippen LogP contribution in [0.15, 0.2) is 12.3 Å². The summed E-state index contributed by atoms with van der Waals surface area (Å²) in [5.74, 6) is 0.201. The van der Waals surface area contributed by atoms with E-state index in [1.54, 1.807) is 6.07 Å². The van der Waals surface area contributed by atoms with Gasteiger partial charge >= 0.3 is 0 Å².